The molecular weight excluding hydrogens is 317 g/mol. The van der Waals surface area contributed by atoms with E-state index in [0.717, 1.165) is 12.1 Å². The van der Waals surface area contributed by atoms with Gasteiger partial charge in [0.05, 0.1) is 10.2 Å². The molecule has 17 heavy (non-hydrogen) atoms. The van der Waals surface area contributed by atoms with Gasteiger partial charge in [-0.05, 0) is 28.1 Å². The van der Waals surface area contributed by atoms with Crippen molar-refractivity contribution in [2.75, 3.05) is 5.73 Å². The molecule has 9 heteroatoms. The number of alkyl halides is 5. The van der Waals surface area contributed by atoms with E-state index in [-0.39, 0.29) is 4.47 Å². The minimum absolute atomic E-state index is 0.133. The summed E-state index contributed by atoms with van der Waals surface area (Å²) < 4.78 is 67.5. The molecule has 1 aromatic rings. The molecule has 0 aliphatic carbocycles. The van der Waals surface area contributed by atoms with Gasteiger partial charge < -0.3 is 15.2 Å². The van der Waals surface area contributed by atoms with Gasteiger partial charge in [-0.3, -0.25) is 0 Å². The lowest BCUT2D eigenvalue weighted by Gasteiger charge is -2.16. The average molecular weight is 322 g/mol. The number of hydrogen-bond donors (Lipinski definition) is 1. The molecule has 96 valence electrons. The number of benzene rings is 1. The van der Waals surface area contributed by atoms with Crippen LogP contribution < -0.4 is 15.2 Å². The highest BCUT2D eigenvalue weighted by molar-refractivity contribution is 9.10. The Balaban J connectivity index is 3.20. The van der Waals surface area contributed by atoms with E-state index < -0.39 is 30.2 Å². The number of hydrogen-bond acceptors (Lipinski definition) is 3. The van der Waals surface area contributed by atoms with Gasteiger partial charge in [-0.25, -0.2) is 0 Å². The SMILES string of the molecule is Nc1ccc(Br)c(OC(F)F)c1OC(F)(F)F. The molecule has 0 heterocycles. The van der Waals surface area contributed by atoms with Crippen LogP contribution in [0.3, 0.4) is 0 Å². The molecule has 3 nitrogen and oxygen atoms in total. The van der Waals surface area contributed by atoms with Crippen LogP contribution in [-0.2, 0) is 0 Å². The number of anilines is 1. The highest BCUT2D eigenvalue weighted by Crippen LogP contribution is 2.43. The summed E-state index contributed by atoms with van der Waals surface area (Å²) in [4.78, 5) is 0. The summed E-state index contributed by atoms with van der Waals surface area (Å²) in [6, 6.07) is 2.22. The van der Waals surface area contributed by atoms with Crippen LogP contribution in [0.15, 0.2) is 16.6 Å². The smallest absolute Gasteiger partial charge is 0.430 e. The van der Waals surface area contributed by atoms with Gasteiger partial charge in [0.15, 0.2) is 11.5 Å². The average Bonchev–Trinajstić information content (AvgIpc) is 2.15. The maximum Gasteiger partial charge on any atom is 0.573 e. The Kier molecular flexibility index (Phi) is 4.02. The van der Waals surface area contributed by atoms with E-state index in [9.17, 15) is 22.0 Å². The second-order valence-electron chi connectivity index (χ2n) is 2.72. The molecule has 0 saturated carbocycles. The standard InChI is InChI=1S/C8H5BrF5NO2/c9-3-1-2-4(15)6(17-8(12,13)14)5(3)16-7(10)11/h1-2,7H,15H2. The van der Waals surface area contributed by atoms with Gasteiger partial charge in [0, 0.05) is 0 Å². The van der Waals surface area contributed by atoms with Crippen molar-refractivity contribution >= 4 is 21.6 Å². The molecule has 0 unspecified atom stereocenters. The maximum atomic E-state index is 12.0. The van der Waals surface area contributed by atoms with Crippen LogP contribution in [0.25, 0.3) is 0 Å². The zero-order valence-corrected chi connectivity index (χ0v) is 9.48. The van der Waals surface area contributed by atoms with Gasteiger partial charge in [0.2, 0.25) is 0 Å². The Morgan fingerprint density at radius 2 is 1.76 bits per heavy atom. The summed E-state index contributed by atoms with van der Waals surface area (Å²) in [5.74, 6) is -1.82. The van der Waals surface area contributed by atoms with Crippen molar-refractivity contribution in [2.24, 2.45) is 0 Å². The molecule has 0 amide bonds. The highest BCUT2D eigenvalue weighted by atomic mass is 79.9. The Hall–Kier alpha value is -1.25. The van der Waals surface area contributed by atoms with E-state index >= 15 is 0 Å². The third-order valence-electron chi connectivity index (χ3n) is 1.52. The first-order valence-corrected chi connectivity index (χ1v) is 4.78. The van der Waals surface area contributed by atoms with Crippen molar-refractivity contribution in [3.05, 3.63) is 16.6 Å². The largest absolute Gasteiger partial charge is 0.573 e. The van der Waals surface area contributed by atoms with E-state index in [0.29, 0.717) is 0 Å². The minimum atomic E-state index is -5.06. The van der Waals surface area contributed by atoms with Crippen LogP contribution in [0.4, 0.5) is 27.6 Å². The fourth-order valence-corrected chi connectivity index (χ4v) is 1.38. The number of nitrogens with two attached hydrogens (primary N) is 1. The van der Waals surface area contributed by atoms with E-state index in [1.165, 1.54) is 0 Å². The molecule has 0 bridgehead atoms. The molecule has 0 spiro atoms. The molecule has 0 atom stereocenters. The molecule has 0 aromatic heterocycles. The van der Waals surface area contributed by atoms with E-state index in [1.54, 1.807) is 0 Å². The van der Waals surface area contributed by atoms with Crippen molar-refractivity contribution in [1.82, 2.24) is 0 Å². The number of halogens is 6. The molecule has 2 N–H and O–H groups in total. The lowest BCUT2D eigenvalue weighted by atomic mass is 10.3. The van der Waals surface area contributed by atoms with Gasteiger partial charge in [0.25, 0.3) is 0 Å². The lowest BCUT2D eigenvalue weighted by molar-refractivity contribution is -0.275. The summed E-state index contributed by atoms with van der Waals surface area (Å²) >= 11 is 2.76. The summed E-state index contributed by atoms with van der Waals surface area (Å²) in [5.41, 5.74) is 4.73. The molecule has 0 radical (unpaired) electrons. The van der Waals surface area contributed by atoms with E-state index in [4.69, 9.17) is 5.73 Å². The monoisotopic (exact) mass is 321 g/mol. The molecule has 1 aromatic carbocycles. The summed E-state index contributed by atoms with van der Waals surface area (Å²) in [5, 5.41) is 0. The Bertz CT molecular complexity index is 410. The van der Waals surface area contributed by atoms with Gasteiger partial charge in [-0.2, -0.15) is 8.78 Å². The van der Waals surface area contributed by atoms with Crippen LogP contribution >= 0.6 is 15.9 Å². The second-order valence-corrected chi connectivity index (χ2v) is 3.58. The zero-order valence-electron chi connectivity index (χ0n) is 7.89. The van der Waals surface area contributed by atoms with Crippen molar-refractivity contribution in [3.63, 3.8) is 0 Å². The number of ether oxygens (including phenoxy) is 2. The van der Waals surface area contributed by atoms with Gasteiger partial charge in [0.1, 0.15) is 0 Å². The predicted octanol–water partition coefficient (Wildman–Crippen LogP) is 3.53. The first kappa shape index (κ1) is 13.8. The Labute approximate surface area is 100 Å². The van der Waals surface area contributed by atoms with Crippen molar-refractivity contribution in [1.29, 1.82) is 0 Å². The van der Waals surface area contributed by atoms with Crippen LogP contribution in [0, 0.1) is 0 Å². The molecule has 1 rings (SSSR count). The molecular formula is C8H5BrF5NO2. The minimum Gasteiger partial charge on any atom is -0.430 e. The topological polar surface area (TPSA) is 44.5 Å². The fraction of sp³-hybridized carbons (Fsp3) is 0.250. The van der Waals surface area contributed by atoms with Crippen LogP contribution in [-0.4, -0.2) is 13.0 Å². The molecule has 0 fully saturated rings. The Morgan fingerprint density at radius 1 is 1.18 bits per heavy atom. The third kappa shape index (κ3) is 3.91. The van der Waals surface area contributed by atoms with E-state index in [1.807, 2.05) is 0 Å². The first-order valence-electron chi connectivity index (χ1n) is 3.99. The number of rotatable bonds is 3. The van der Waals surface area contributed by atoms with Crippen LogP contribution in [0.2, 0.25) is 0 Å². The fourth-order valence-electron chi connectivity index (χ4n) is 0.974. The normalized spacial score (nSPS) is 11.7. The molecule has 0 aliphatic rings. The van der Waals surface area contributed by atoms with Crippen LogP contribution in [0.1, 0.15) is 0 Å². The summed E-state index contributed by atoms with van der Waals surface area (Å²) in [6.45, 7) is -3.30. The number of nitrogen functional groups attached to an aromatic ring is 1. The van der Waals surface area contributed by atoms with Gasteiger partial charge in [-0.15, -0.1) is 13.2 Å². The summed E-state index contributed by atoms with van der Waals surface area (Å²) in [7, 11) is 0. The van der Waals surface area contributed by atoms with Gasteiger partial charge >= 0.3 is 13.0 Å². The quantitative estimate of drug-likeness (QED) is 0.684. The lowest BCUT2D eigenvalue weighted by Crippen LogP contribution is -2.19. The summed E-state index contributed by atoms with van der Waals surface area (Å²) in [6.07, 6.45) is -5.06. The molecule has 0 saturated heterocycles. The first-order chi connectivity index (χ1) is 7.70. The van der Waals surface area contributed by atoms with E-state index in [2.05, 4.69) is 25.4 Å². The van der Waals surface area contributed by atoms with Crippen molar-refractivity contribution in [2.45, 2.75) is 13.0 Å². The van der Waals surface area contributed by atoms with Crippen LogP contribution in [0.5, 0.6) is 11.5 Å². The molecule has 0 aliphatic heterocycles. The predicted molar refractivity (Wildman–Crippen MR) is 51.9 cm³/mol. The zero-order chi connectivity index (χ0) is 13.2. The third-order valence-corrected chi connectivity index (χ3v) is 2.14. The van der Waals surface area contributed by atoms with Gasteiger partial charge in [-0.1, -0.05) is 0 Å². The van der Waals surface area contributed by atoms with Crippen molar-refractivity contribution < 1.29 is 31.4 Å². The Morgan fingerprint density at radius 3 is 2.24 bits per heavy atom. The second kappa shape index (κ2) is 4.94. The highest BCUT2D eigenvalue weighted by Gasteiger charge is 2.34. The van der Waals surface area contributed by atoms with Crippen molar-refractivity contribution in [3.8, 4) is 11.5 Å². The maximum absolute atomic E-state index is 12.0.